The van der Waals surface area contributed by atoms with Gasteiger partial charge in [-0.1, -0.05) is 137 Å². The highest BCUT2D eigenvalue weighted by Crippen LogP contribution is 2.30. The molecule has 1 heterocycles. The number of hydrogen-bond acceptors (Lipinski definition) is 0. The lowest BCUT2D eigenvalue weighted by atomic mass is 10.0. The van der Waals surface area contributed by atoms with Crippen LogP contribution in [0.2, 0.25) is 0 Å². The molecule has 0 unspecified atom stereocenters. The summed E-state index contributed by atoms with van der Waals surface area (Å²) in [7, 11) is 0. The van der Waals surface area contributed by atoms with Crippen molar-refractivity contribution in [1.29, 1.82) is 0 Å². The van der Waals surface area contributed by atoms with Crippen LogP contribution in [0.3, 0.4) is 0 Å². The largest absolute Gasteiger partial charge is 0.354 e. The molecule has 3 aromatic rings. The Morgan fingerprint density at radius 2 is 1.19 bits per heavy atom. The summed E-state index contributed by atoms with van der Waals surface area (Å²) in [6.07, 6.45) is 24.0. The third kappa shape index (κ3) is 8.25. The van der Waals surface area contributed by atoms with Gasteiger partial charge >= 0.3 is 0 Å². The van der Waals surface area contributed by atoms with Crippen LogP contribution in [0, 0.1) is 0 Å². The van der Waals surface area contributed by atoms with Gasteiger partial charge in [0.2, 0.25) is 0 Å². The number of benzene rings is 2. The van der Waals surface area contributed by atoms with Crippen molar-refractivity contribution < 1.29 is 0 Å². The summed E-state index contributed by atoms with van der Waals surface area (Å²) in [6.45, 7) is 2.30. The molecule has 0 saturated carbocycles. The molecule has 1 aromatic heterocycles. The molecule has 1 nitrogen and oxygen atoms in total. The summed E-state index contributed by atoms with van der Waals surface area (Å²) in [4.78, 5) is 3.66. The average molecular weight is 499 g/mol. The highest BCUT2D eigenvalue weighted by atomic mass is 79.9. The molecule has 0 fully saturated rings. The highest BCUT2D eigenvalue weighted by Gasteiger charge is 2.08. The van der Waals surface area contributed by atoms with Crippen LogP contribution in [-0.2, 0) is 6.42 Å². The Morgan fingerprint density at radius 1 is 0.625 bits per heavy atom. The summed E-state index contributed by atoms with van der Waals surface area (Å²) in [5.41, 5.74) is 4.05. The van der Waals surface area contributed by atoms with E-state index in [1.54, 1.807) is 0 Å². The number of aromatic nitrogens is 1. The van der Waals surface area contributed by atoms with E-state index < -0.39 is 0 Å². The molecule has 0 spiro atoms. The standard InChI is InChI=1S/C30H44BrN/c1-2-3-4-5-6-7-8-9-10-11-12-13-14-15-16-17-19-25-20-18-21-27-28-24-26(31)22-23-29(28)32-30(25)27/h18,20-24,32H,2-17,19H2,1H3. The van der Waals surface area contributed by atoms with Gasteiger partial charge in [-0.3, -0.25) is 0 Å². The van der Waals surface area contributed by atoms with Crippen molar-refractivity contribution in [2.45, 2.75) is 116 Å². The van der Waals surface area contributed by atoms with Crippen LogP contribution in [-0.4, -0.2) is 4.98 Å². The number of unbranched alkanes of at least 4 members (excludes halogenated alkanes) is 15. The Labute approximate surface area is 204 Å². The second-order valence-corrected chi connectivity index (χ2v) is 10.6. The van der Waals surface area contributed by atoms with Crippen LogP contribution in [0.25, 0.3) is 21.8 Å². The van der Waals surface area contributed by atoms with Gasteiger partial charge in [-0.2, -0.15) is 0 Å². The Morgan fingerprint density at radius 3 is 1.78 bits per heavy atom. The van der Waals surface area contributed by atoms with E-state index in [1.165, 1.54) is 137 Å². The zero-order valence-corrected chi connectivity index (χ0v) is 21.9. The second-order valence-electron chi connectivity index (χ2n) is 9.71. The lowest BCUT2D eigenvalue weighted by Gasteiger charge is -2.05. The number of halogens is 1. The van der Waals surface area contributed by atoms with Gasteiger partial charge in [0.05, 0.1) is 0 Å². The van der Waals surface area contributed by atoms with Gasteiger partial charge < -0.3 is 4.98 Å². The molecule has 1 N–H and O–H groups in total. The predicted molar refractivity (Wildman–Crippen MR) is 147 cm³/mol. The summed E-state index contributed by atoms with van der Waals surface area (Å²) < 4.78 is 1.15. The van der Waals surface area contributed by atoms with Crippen LogP contribution in [0.5, 0.6) is 0 Å². The predicted octanol–water partition coefficient (Wildman–Crippen LogP) is 10.9. The van der Waals surface area contributed by atoms with Crippen molar-refractivity contribution in [3.63, 3.8) is 0 Å². The van der Waals surface area contributed by atoms with Crippen molar-refractivity contribution in [2.24, 2.45) is 0 Å². The Hall–Kier alpha value is -1.28. The molecule has 0 atom stereocenters. The number of nitrogens with one attached hydrogen (secondary N) is 1. The molecule has 0 aliphatic carbocycles. The second kappa shape index (κ2) is 14.8. The van der Waals surface area contributed by atoms with Gasteiger partial charge in [0.15, 0.2) is 0 Å². The van der Waals surface area contributed by atoms with Crippen LogP contribution >= 0.6 is 15.9 Å². The van der Waals surface area contributed by atoms with Crippen molar-refractivity contribution >= 4 is 37.7 Å². The van der Waals surface area contributed by atoms with E-state index in [0.717, 1.165) is 4.47 Å². The maximum absolute atomic E-state index is 3.66. The van der Waals surface area contributed by atoms with E-state index in [1.807, 2.05) is 0 Å². The molecule has 32 heavy (non-hydrogen) atoms. The Balaban J connectivity index is 1.22. The minimum Gasteiger partial charge on any atom is -0.354 e. The van der Waals surface area contributed by atoms with Gasteiger partial charge in [-0.25, -0.2) is 0 Å². The van der Waals surface area contributed by atoms with Gasteiger partial charge in [-0.05, 0) is 36.6 Å². The molecule has 0 amide bonds. The normalized spacial score (nSPS) is 11.7. The number of rotatable bonds is 17. The maximum Gasteiger partial charge on any atom is 0.0497 e. The maximum atomic E-state index is 3.66. The monoisotopic (exact) mass is 497 g/mol. The van der Waals surface area contributed by atoms with Gasteiger partial charge in [0.25, 0.3) is 0 Å². The smallest absolute Gasteiger partial charge is 0.0497 e. The number of aromatic amines is 1. The first-order valence-electron chi connectivity index (χ1n) is 13.5. The van der Waals surface area contributed by atoms with Gasteiger partial charge in [0, 0.05) is 26.3 Å². The quantitative estimate of drug-likeness (QED) is 0.178. The van der Waals surface area contributed by atoms with Gasteiger partial charge in [0.1, 0.15) is 0 Å². The first-order valence-corrected chi connectivity index (χ1v) is 14.3. The zero-order chi connectivity index (χ0) is 22.4. The topological polar surface area (TPSA) is 15.8 Å². The number of fused-ring (bicyclic) bond motifs is 3. The Kier molecular flexibility index (Phi) is 11.7. The molecule has 2 heteroatoms. The van der Waals surface area contributed by atoms with Crippen molar-refractivity contribution in [3.05, 3.63) is 46.4 Å². The molecule has 0 radical (unpaired) electrons. The minimum absolute atomic E-state index is 1.15. The molecule has 176 valence electrons. The fourth-order valence-electron chi connectivity index (χ4n) is 5.03. The zero-order valence-electron chi connectivity index (χ0n) is 20.4. The lowest BCUT2D eigenvalue weighted by Crippen LogP contribution is -1.88. The number of hydrogen-bond donors (Lipinski definition) is 1. The molecular weight excluding hydrogens is 454 g/mol. The number of aryl methyl sites for hydroxylation is 1. The van der Waals surface area contributed by atoms with Gasteiger partial charge in [-0.15, -0.1) is 0 Å². The van der Waals surface area contributed by atoms with Crippen molar-refractivity contribution in [3.8, 4) is 0 Å². The van der Waals surface area contributed by atoms with Crippen LogP contribution < -0.4 is 0 Å². The Bertz CT molecular complexity index is 910. The first kappa shape index (κ1) is 25.3. The molecule has 0 aliphatic rings. The number of para-hydroxylation sites is 1. The molecule has 0 aliphatic heterocycles. The average Bonchev–Trinajstić information content (AvgIpc) is 3.17. The first-order chi connectivity index (χ1) is 15.8. The summed E-state index contributed by atoms with van der Waals surface area (Å²) in [5, 5.41) is 2.68. The molecule has 2 aromatic carbocycles. The van der Waals surface area contributed by atoms with Crippen LogP contribution in [0.1, 0.15) is 115 Å². The highest BCUT2D eigenvalue weighted by molar-refractivity contribution is 9.10. The van der Waals surface area contributed by atoms with E-state index in [9.17, 15) is 0 Å². The third-order valence-corrected chi connectivity index (χ3v) is 7.48. The van der Waals surface area contributed by atoms with E-state index in [4.69, 9.17) is 0 Å². The van der Waals surface area contributed by atoms with Crippen LogP contribution in [0.15, 0.2) is 40.9 Å². The molecule has 0 saturated heterocycles. The van der Waals surface area contributed by atoms with E-state index >= 15 is 0 Å². The van der Waals surface area contributed by atoms with Crippen molar-refractivity contribution in [2.75, 3.05) is 0 Å². The molecular formula is C30H44BrN. The SMILES string of the molecule is CCCCCCCCCCCCCCCCCCc1cccc2c1[nH]c1ccc(Br)cc12. The third-order valence-electron chi connectivity index (χ3n) is 6.98. The summed E-state index contributed by atoms with van der Waals surface area (Å²) in [6, 6.07) is 13.3. The fraction of sp³-hybridized carbons (Fsp3) is 0.600. The van der Waals surface area contributed by atoms with E-state index in [-0.39, 0.29) is 0 Å². The lowest BCUT2D eigenvalue weighted by molar-refractivity contribution is 0.529. The van der Waals surface area contributed by atoms with Crippen molar-refractivity contribution in [1.82, 2.24) is 4.98 Å². The van der Waals surface area contributed by atoms with E-state index in [0.29, 0.717) is 0 Å². The number of H-pyrrole nitrogens is 1. The fourth-order valence-corrected chi connectivity index (χ4v) is 5.39. The van der Waals surface area contributed by atoms with Crippen LogP contribution in [0.4, 0.5) is 0 Å². The minimum atomic E-state index is 1.15. The summed E-state index contributed by atoms with van der Waals surface area (Å²) in [5.74, 6) is 0. The summed E-state index contributed by atoms with van der Waals surface area (Å²) >= 11 is 3.61. The molecule has 0 bridgehead atoms. The van der Waals surface area contributed by atoms with E-state index in [2.05, 4.69) is 64.2 Å². The molecule has 3 rings (SSSR count).